The third-order valence-corrected chi connectivity index (χ3v) is 3.18. The van der Waals surface area contributed by atoms with E-state index in [4.69, 9.17) is 0 Å². The minimum atomic E-state index is -0.412. The summed E-state index contributed by atoms with van der Waals surface area (Å²) in [5, 5.41) is 2.80. The van der Waals surface area contributed by atoms with Crippen LogP contribution < -0.4 is 5.32 Å². The van der Waals surface area contributed by atoms with Crippen LogP contribution in [0.3, 0.4) is 0 Å². The van der Waals surface area contributed by atoms with Gasteiger partial charge in [0.2, 0.25) is 5.91 Å². The summed E-state index contributed by atoms with van der Waals surface area (Å²) < 4.78 is 4.65. The SMILES string of the molecule is CCCCN(C)CCC(=O)Nc1cccc(C(=O)OC)c1. The van der Waals surface area contributed by atoms with Crippen LogP contribution in [0.25, 0.3) is 0 Å². The van der Waals surface area contributed by atoms with E-state index in [0.717, 1.165) is 25.9 Å². The summed E-state index contributed by atoms with van der Waals surface area (Å²) in [7, 11) is 3.35. The summed E-state index contributed by atoms with van der Waals surface area (Å²) in [6, 6.07) is 6.74. The molecule has 0 aliphatic carbocycles. The first-order chi connectivity index (χ1) is 10.1. The summed E-state index contributed by atoms with van der Waals surface area (Å²) in [5.41, 5.74) is 1.04. The minimum absolute atomic E-state index is 0.0552. The second-order valence-corrected chi connectivity index (χ2v) is 5.03. The van der Waals surface area contributed by atoms with Crippen molar-refractivity contribution in [3.63, 3.8) is 0 Å². The second-order valence-electron chi connectivity index (χ2n) is 5.03. The molecular weight excluding hydrogens is 268 g/mol. The van der Waals surface area contributed by atoms with Crippen molar-refractivity contribution in [2.24, 2.45) is 0 Å². The van der Waals surface area contributed by atoms with Crippen LogP contribution in [0.15, 0.2) is 24.3 Å². The van der Waals surface area contributed by atoms with Gasteiger partial charge in [-0.2, -0.15) is 0 Å². The Bertz CT molecular complexity index is 474. The van der Waals surface area contributed by atoms with Crippen LogP contribution >= 0.6 is 0 Å². The molecule has 1 rings (SSSR count). The molecule has 0 spiro atoms. The molecule has 1 aromatic rings. The Morgan fingerprint density at radius 1 is 1.29 bits per heavy atom. The zero-order chi connectivity index (χ0) is 15.7. The molecule has 5 heteroatoms. The quantitative estimate of drug-likeness (QED) is 0.748. The topological polar surface area (TPSA) is 58.6 Å². The van der Waals surface area contributed by atoms with Gasteiger partial charge in [0.25, 0.3) is 0 Å². The van der Waals surface area contributed by atoms with Crippen molar-refractivity contribution in [2.75, 3.05) is 32.6 Å². The van der Waals surface area contributed by atoms with Crippen LogP contribution in [-0.2, 0) is 9.53 Å². The van der Waals surface area contributed by atoms with Crippen LogP contribution in [0.4, 0.5) is 5.69 Å². The number of anilines is 1. The fourth-order valence-corrected chi connectivity index (χ4v) is 1.90. The van der Waals surface area contributed by atoms with Gasteiger partial charge in [0.1, 0.15) is 0 Å². The van der Waals surface area contributed by atoms with Gasteiger partial charge in [-0.25, -0.2) is 4.79 Å². The second kappa shape index (κ2) is 9.13. The Kier molecular flexibility index (Phi) is 7.46. The highest BCUT2D eigenvalue weighted by Gasteiger charge is 2.08. The number of carbonyl (C=O) groups is 2. The number of carbonyl (C=O) groups excluding carboxylic acids is 2. The zero-order valence-electron chi connectivity index (χ0n) is 13.0. The maximum absolute atomic E-state index is 11.9. The van der Waals surface area contributed by atoms with Gasteiger partial charge < -0.3 is 15.0 Å². The Morgan fingerprint density at radius 2 is 2.05 bits per heavy atom. The molecule has 21 heavy (non-hydrogen) atoms. The molecule has 0 radical (unpaired) electrons. The van der Waals surface area contributed by atoms with Crippen molar-refractivity contribution in [3.8, 4) is 0 Å². The van der Waals surface area contributed by atoms with Crippen LogP contribution in [0.2, 0.25) is 0 Å². The Morgan fingerprint density at radius 3 is 2.71 bits per heavy atom. The van der Waals surface area contributed by atoms with Crippen LogP contribution in [-0.4, -0.2) is 44.0 Å². The van der Waals surface area contributed by atoms with Crippen molar-refractivity contribution in [2.45, 2.75) is 26.2 Å². The lowest BCUT2D eigenvalue weighted by atomic mass is 10.2. The van der Waals surface area contributed by atoms with Crippen LogP contribution in [0, 0.1) is 0 Å². The molecule has 0 fully saturated rings. The summed E-state index contributed by atoms with van der Waals surface area (Å²) in [4.78, 5) is 25.5. The monoisotopic (exact) mass is 292 g/mol. The number of ether oxygens (including phenoxy) is 1. The van der Waals surface area contributed by atoms with Gasteiger partial charge in [0.15, 0.2) is 0 Å². The maximum Gasteiger partial charge on any atom is 0.337 e. The number of methoxy groups -OCH3 is 1. The normalized spacial score (nSPS) is 10.5. The van der Waals surface area contributed by atoms with Crippen LogP contribution in [0.1, 0.15) is 36.5 Å². The molecular formula is C16H24N2O3. The van der Waals surface area contributed by atoms with E-state index >= 15 is 0 Å². The largest absolute Gasteiger partial charge is 0.465 e. The molecule has 0 atom stereocenters. The average molecular weight is 292 g/mol. The van der Waals surface area contributed by atoms with E-state index in [2.05, 4.69) is 21.9 Å². The third kappa shape index (κ3) is 6.40. The Labute approximate surface area is 126 Å². The van der Waals surface area contributed by atoms with E-state index in [-0.39, 0.29) is 5.91 Å². The molecule has 0 heterocycles. The standard InChI is InChI=1S/C16H24N2O3/c1-4-5-10-18(2)11-9-15(19)17-14-8-6-7-13(12-14)16(20)21-3/h6-8,12H,4-5,9-11H2,1-3H3,(H,17,19). The van der Waals surface area contributed by atoms with Gasteiger partial charge >= 0.3 is 5.97 Å². The van der Waals surface area contributed by atoms with Gasteiger partial charge in [0.05, 0.1) is 12.7 Å². The molecule has 0 saturated carbocycles. The lowest BCUT2D eigenvalue weighted by molar-refractivity contribution is -0.116. The average Bonchev–Trinajstić information content (AvgIpc) is 2.50. The lowest BCUT2D eigenvalue weighted by Crippen LogP contribution is -2.25. The molecule has 1 N–H and O–H groups in total. The number of nitrogens with zero attached hydrogens (tertiary/aromatic N) is 1. The van der Waals surface area contributed by atoms with Crippen molar-refractivity contribution < 1.29 is 14.3 Å². The van der Waals surface area contributed by atoms with Crippen molar-refractivity contribution in [1.82, 2.24) is 4.90 Å². The van der Waals surface area contributed by atoms with E-state index in [1.54, 1.807) is 24.3 Å². The highest BCUT2D eigenvalue weighted by molar-refractivity contribution is 5.94. The summed E-state index contributed by atoms with van der Waals surface area (Å²) >= 11 is 0. The number of unbranched alkanes of at least 4 members (excludes halogenated alkanes) is 1. The van der Waals surface area contributed by atoms with Crippen molar-refractivity contribution >= 4 is 17.6 Å². The lowest BCUT2D eigenvalue weighted by Gasteiger charge is -2.15. The molecule has 0 aromatic heterocycles. The van der Waals surface area contributed by atoms with E-state index in [1.165, 1.54) is 7.11 Å². The third-order valence-electron chi connectivity index (χ3n) is 3.18. The maximum atomic E-state index is 11.9. The van der Waals surface area contributed by atoms with Gasteiger partial charge in [-0.05, 0) is 38.2 Å². The van der Waals surface area contributed by atoms with Crippen molar-refractivity contribution in [1.29, 1.82) is 0 Å². The van der Waals surface area contributed by atoms with Gasteiger partial charge in [-0.15, -0.1) is 0 Å². The first-order valence-corrected chi connectivity index (χ1v) is 7.23. The number of hydrogen-bond donors (Lipinski definition) is 1. The molecule has 116 valence electrons. The van der Waals surface area contributed by atoms with E-state index < -0.39 is 5.97 Å². The summed E-state index contributed by atoms with van der Waals surface area (Å²) in [6.07, 6.45) is 2.72. The van der Waals surface area contributed by atoms with E-state index in [9.17, 15) is 9.59 Å². The highest BCUT2D eigenvalue weighted by atomic mass is 16.5. The fourth-order valence-electron chi connectivity index (χ4n) is 1.90. The number of benzene rings is 1. The van der Waals surface area contributed by atoms with Gasteiger partial charge in [-0.3, -0.25) is 4.79 Å². The number of esters is 1. The number of amides is 1. The summed E-state index contributed by atoms with van der Waals surface area (Å²) in [5.74, 6) is -0.467. The Hall–Kier alpha value is -1.88. The zero-order valence-corrected chi connectivity index (χ0v) is 13.0. The molecule has 0 aliphatic heterocycles. The molecule has 0 saturated heterocycles. The molecule has 0 unspecified atom stereocenters. The fraction of sp³-hybridized carbons (Fsp3) is 0.500. The van der Waals surface area contributed by atoms with E-state index in [1.807, 2.05) is 7.05 Å². The molecule has 0 bridgehead atoms. The Balaban J connectivity index is 2.46. The van der Waals surface area contributed by atoms with E-state index in [0.29, 0.717) is 17.7 Å². The van der Waals surface area contributed by atoms with Crippen molar-refractivity contribution in [3.05, 3.63) is 29.8 Å². The predicted molar refractivity (Wildman–Crippen MR) is 83.4 cm³/mol. The van der Waals surface area contributed by atoms with Crippen LogP contribution in [0.5, 0.6) is 0 Å². The molecule has 0 aliphatic rings. The molecule has 1 amide bonds. The van der Waals surface area contributed by atoms with Gasteiger partial charge in [-0.1, -0.05) is 19.4 Å². The number of hydrogen-bond acceptors (Lipinski definition) is 4. The molecule has 1 aromatic carbocycles. The minimum Gasteiger partial charge on any atom is -0.465 e. The smallest absolute Gasteiger partial charge is 0.337 e. The highest BCUT2D eigenvalue weighted by Crippen LogP contribution is 2.12. The molecule has 5 nitrogen and oxygen atoms in total. The van der Waals surface area contributed by atoms with Gasteiger partial charge in [0, 0.05) is 18.7 Å². The number of rotatable bonds is 8. The first-order valence-electron chi connectivity index (χ1n) is 7.23. The summed E-state index contributed by atoms with van der Waals surface area (Å²) in [6.45, 7) is 3.87. The predicted octanol–water partition coefficient (Wildman–Crippen LogP) is 2.53. The number of nitrogens with one attached hydrogen (secondary N) is 1. The first kappa shape index (κ1) is 17.2.